The fraction of sp³-hybridized carbons (Fsp3) is 0.185. The predicted octanol–water partition coefficient (Wildman–Crippen LogP) is 5.74. The lowest BCUT2D eigenvalue weighted by Crippen LogP contribution is -2.08. The topological polar surface area (TPSA) is 52.0 Å². The van der Waals surface area contributed by atoms with Gasteiger partial charge in [-0.3, -0.25) is 4.68 Å². The molecule has 5 nitrogen and oxygen atoms in total. The molecule has 5 rings (SSSR count). The van der Waals surface area contributed by atoms with Crippen LogP contribution in [-0.4, -0.2) is 21.3 Å². The normalized spacial score (nSPS) is 12.5. The standard InChI is InChI=1S/C25H22N4O.C2H6/c1-29-16-23(18-12-14-26-15-13-18)25(28-29)20-7-10-22(11-8-20)30-17-21-9-6-19-4-2-3-5-24(19)27-21;1-2/h2-14,16,26H,15,17H2,1H3;1-2H3. The zero-order valence-corrected chi connectivity index (χ0v) is 18.7. The van der Waals surface area contributed by atoms with Gasteiger partial charge in [0.2, 0.25) is 0 Å². The molecule has 0 unspecified atom stereocenters. The summed E-state index contributed by atoms with van der Waals surface area (Å²) in [5.74, 6) is 0.812. The van der Waals surface area contributed by atoms with Crippen LogP contribution in [0.2, 0.25) is 0 Å². The van der Waals surface area contributed by atoms with Crippen molar-refractivity contribution in [3.8, 4) is 17.0 Å². The molecular weight excluding hydrogens is 396 g/mol. The lowest BCUT2D eigenvalue weighted by atomic mass is 10.0. The second-order valence-corrected chi connectivity index (χ2v) is 7.27. The largest absolute Gasteiger partial charge is 0.487 e. The van der Waals surface area contributed by atoms with Crippen molar-refractivity contribution in [3.05, 3.63) is 96.5 Å². The third-order valence-electron chi connectivity index (χ3n) is 5.13. The van der Waals surface area contributed by atoms with Gasteiger partial charge in [0, 0.05) is 36.3 Å². The number of allylic oxidation sites excluding steroid dienone is 2. The Balaban J connectivity index is 0.00000119. The smallest absolute Gasteiger partial charge is 0.130 e. The number of pyridine rings is 1. The van der Waals surface area contributed by atoms with Crippen molar-refractivity contribution in [3.63, 3.8) is 0 Å². The van der Waals surface area contributed by atoms with E-state index in [1.54, 1.807) is 0 Å². The SMILES string of the molecule is CC.Cn1cc(C2=CCNC=C2)c(-c2ccc(OCc3ccc4ccccc4n3)cc2)n1. The minimum atomic E-state index is 0.434. The molecule has 0 amide bonds. The lowest BCUT2D eigenvalue weighted by molar-refractivity contribution is 0.302. The molecule has 2 aromatic carbocycles. The molecule has 1 aliphatic rings. The minimum absolute atomic E-state index is 0.434. The van der Waals surface area contributed by atoms with Crippen LogP contribution in [0.15, 0.2) is 85.2 Å². The van der Waals surface area contributed by atoms with Crippen LogP contribution in [0.3, 0.4) is 0 Å². The molecule has 1 aliphatic heterocycles. The number of rotatable bonds is 5. The molecule has 0 fully saturated rings. The van der Waals surface area contributed by atoms with Crippen LogP contribution >= 0.6 is 0 Å². The molecule has 0 aliphatic carbocycles. The summed E-state index contributed by atoms with van der Waals surface area (Å²) in [5.41, 5.74) is 6.24. The number of nitrogens with zero attached hydrogens (tertiary/aromatic N) is 3. The Labute approximate surface area is 189 Å². The first-order chi connectivity index (χ1) is 15.8. The van der Waals surface area contributed by atoms with E-state index < -0.39 is 0 Å². The van der Waals surface area contributed by atoms with Crippen molar-refractivity contribution in [1.29, 1.82) is 0 Å². The number of hydrogen-bond acceptors (Lipinski definition) is 4. The molecule has 0 radical (unpaired) electrons. The molecule has 0 spiro atoms. The van der Waals surface area contributed by atoms with Gasteiger partial charge in [-0.05, 0) is 54.2 Å². The number of dihydropyridines is 1. The van der Waals surface area contributed by atoms with E-state index in [2.05, 4.69) is 58.0 Å². The molecule has 32 heavy (non-hydrogen) atoms. The Morgan fingerprint density at radius 1 is 1.00 bits per heavy atom. The van der Waals surface area contributed by atoms with E-state index in [0.717, 1.165) is 45.7 Å². The van der Waals surface area contributed by atoms with Gasteiger partial charge in [0.25, 0.3) is 0 Å². The van der Waals surface area contributed by atoms with Gasteiger partial charge in [-0.25, -0.2) is 4.98 Å². The summed E-state index contributed by atoms with van der Waals surface area (Å²) in [5, 5.41) is 9.00. The molecule has 0 bridgehead atoms. The van der Waals surface area contributed by atoms with Crippen molar-refractivity contribution in [2.24, 2.45) is 7.05 Å². The van der Waals surface area contributed by atoms with E-state index in [1.165, 1.54) is 5.57 Å². The van der Waals surface area contributed by atoms with E-state index >= 15 is 0 Å². The number of ether oxygens (including phenoxy) is 1. The van der Waals surface area contributed by atoms with Crippen LogP contribution in [0.1, 0.15) is 25.1 Å². The molecule has 0 saturated carbocycles. The molecule has 4 aromatic rings. The van der Waals surface area contributed by atoms with Gasteiger partial charge in [0.15, 0.2) is 0 Å². The summed E-state index contributed by atoms with van der Waals surface area (Å²) in [4.78, 5) is 4.67. The highest BCUT2D eigenvalue weighted by Gasteiger charge is 2.14. The van der Waals surface area contributed by atoms with Gasteiger partial charge in [0.05, 0.1) is 11.2 Å². The van der Waals surface area contributed by atoms with Gasteiger partial charge in [-0.1, -0.05) is 44.2 Å². The quantitative estimate of drug-likeness (QED) is 0.444. The number of hydrogen-bond donors (Lipinski definition) is 1. The van der Waals surface area contributed by atoms with Crippen molar-refractivity contribution in [2.45, 2.75) is 20.5 Å². The highest BCUT2D eigenvalue weighted by Crippen LogP contribution is 2.30. The average Bonchev–Trinajstić information content (AvgIpc) is 3.26. The fourth-order valence-electron chi connectivity index (χ4n) is 3.62. The number of nitrogens with one attached hydrogen (secondary N) is 1. The summed E-state index contributed by atoms with van der Waals surface area (Å²) >= 11 is 0. The minimum Gasteiger partial charge on any atom is -0.487 e. The number of aryl methyl sites for hydroxylation is 1. The van der Waals surface area contributed by atoms with Gasteiger partial charge in [-0.15, -0.1) is 0 Å². The highest BCUT2D eigenvalue weighted by atomic mass is 16.5. The number of fused-ring (bicyclic) bond motifs is 1. The third kappa shape index (κ3) is 4.72. The first-order valence-electron chi connectivity index (χ1n) is 11.0. The van der Waals surface area contributed by atoms with Gasteiger partial charge in [0.1, 0.15) is 18.1 Å². The molecule has 5 heteroatoms. The van der Waals surface area contributed by atoms with E-state index in [0.29, 0.717) is 6.61 Å². The van der Waals surface area contributed by atoms with E-state index in [4.69, 9.17) is 4.74 Å². The van der Waals surface area contributed by atoms with E-state index in [1.807, 2.05) is 68.2 Å². The lowest BCUT2D eigenvalue weighted by Gasteiger charge is -2.10. The highest BCUT2D eigenvalue weighted by molar-refractivity contribution is 5.84. The number of aromatic nitrogens is 3. The van der Waals surface area contributed by atoms with Crippen molar-refractivity contribution in [1.82, 2.24) is 20.1 Å². The van der Waals surface area contributed by atoms with Crippen LogP contribution in [0, 0.1) is 0 Å². The maximum Gasteiger partial charge on any atom is 0.130 e. The maximum atomic E-state index is 5.96. The summed E-state index contributed by atoms with van der Waals surface area (Å²) < 4.78 is 7.82. The third-order valence-corrected chi connectivity index (χ3v) is 5.13. The monoisotopic (exact) mass is 424 g/mol. The van der Waals surface area contributed by atoms with Crippen LogP contribution in [-0.2, 0) is 13.7 Å². The number of para-hydroxylation sites is 1. The molecule has 0 atom stereocenters. The maximum absolute atomic E-state index is 5.96. The van der Waals surface area contributed by atoms with Crippen molar-refractivity contribution in [2.75, 3.05) is 6.54 Å². The Hall–Kier alpha value is -3.86. The second-order valence-electron chi connectivity index (χ2n) is 7.27. The Kier molecular flexibility index (Phi) is 6.66. The van der Waals surface area contributed by atoms with Gasteiger partial charge < -0.3 is 10.1 Å². The zero-order valence-electron chi connectivity index (χ0n) is 18.7. The molecular formula is C27H28N4O. The summed E-state index contributed by atoms with van der Waals surface area (Å²) in [6.07, 6.45) is 8.29. The van der Waals surface area contributed by atoms with E-state index in [9.17, 15) is 0 Å². The fourth-order valence-corrected chi connectivity index (χ4v) is 3.62. The van der Waals surface area contributed by atoms with Crippen LogP contribution in [0.5, 0.6) is 5.75 Å². The average molecular weight is 425 g/mol. The van der Waals surface area contributed by atoms with Gasteiger partial charge in [-0.2, -0.15) is 5.10 Å². The predicted molar refractivity (Wildman–Crippen MR) is 131 cm³/mol. The van der Waals surface area contributed by atoms with Crippen LogP contribution in [0.25, 0.3) is 27.7 Å². The van der Waals surface area contributed by atoms with E-state index in [-0.39, 0.29) is 0 Å². The second kappa shape index (κ2) is 9.96. The first-order valence-corrected chi connectivity index (χ1v) is 11.0. The van der Waals surface area contributed by atoms with Crippen LogP contribution in [0.4, 0.5) is 0 Å². The van der Waals surface area contributed by atoms with Gasteiger partial charge >= 0.3 is 0 Å². The van der Waals surface area contributed by atoms with Crippen molar-refractivity contribution < 1.29 is 4.74 Å². The Bertz CT molecular complexity index is 1250. The first kappa shape index (κ1) is 21.4. The summed E-state index contributed by atoms with van der Waals surface area (Å²) in [6.45, 7) is 5.26. The number of benzene rings is 2. The Morgan fingerprint density at radius 3 is 2.59 bits per heavy atom. The molecule has 1 N–H and O–H groups in total. The van der Waals surface area contributed by atoms with Crippen molar-refractivity contribution >= 4 is 16.5 Å². The summed E-state index contributed by atoms with van der Waals surface area (Å²) in [6, 6.07) is 20.3. The molecule has 2 aromatic heterocycles. The summed E-state index contributed by atoms with van der Waals surface area (Å²) in [7, 11) is 1.95. The molecule has 3 heterocycles. The zero-order chi connectivity index (χ0) is 22.3. The Morgan fingerprint density at radius 2 is 1.81 bits per heavy atom. The van der Waals surface area contributed by atoms with Crippen LogP contribution < -0.4 is 10.1 Å². The molecule has 0 saturated heterocycles. The molecule has 162 valence electrons.